The highest BCUT2D eigenvalue weighted by Crippen LogP contribution is 2.27. The summed E-state index contributed by atoms with van der Waals surface area (Å²) >= 11 is 0. The number of aromatic nitrogens is 1. The van der Waals surface area contributed by atoms with Crippen LogP contribution in [0.3, 0.4) is 0 Å². The number of benzene rings is 1. The van der Waals surface area contributed by atoms with Crippen LogP contribution in [0.1, 0.15) is 29.9 Å². The van der Waals surface area contributed by atoms with Gasteiger partial charge in [0.2, 0.25) is 11.8 Å². The first-order valence-electron chi connectivity index (χ1n) is 10.4. The van der Waals surface area contributed by atoms with E-state index in [1.54, 1.807) is 17.0 Å². The Morgan fingerprint density at radius 1 is 1.17 bits per heavy atom. The van der Waals surface area contributed by atoms with E-state index in [0.717, 1.165) is 43.1 Å². The zero-order valence-corrected chi connectivity index (χ0v) is 17.4. The Morgan fingerprint density at radius 2 is 1.93 bits per heavy atom. The van der Waals surface area contributed by atoms with Gasteiger partial charge in [-0.15, -0.1) is 0 Å². The van der Waals surface area contributed by atoms with E-state index in [0.29, 0.717) is 25.3 Å². The summed E-state index contributed by atoms with van der Waals surface area (Å²) in [6.07, 6.45) is 1.09. The third kappa shape index (κ3) is 4.23. The molecule has 0 saturated carbocycles. The van der Waals surface area contributed by atoms with Crippen molar-refractivity contribution in [2.75, 3.05) is 37.6 Å². The highest BCUT2D eigenvalue weighted by molar-refractivity contribution is 6.00. The zero-order chi connectivity index (χ0) is 21.3. The summed E-state index contributed by atoms with van der Waals surface area (Å²) in [7, 11) is 0. The third-order valence-electron chi connectivity index (χ3n) is 6.08. The summed E-state index contributed by atoms with van der Waals surface area (Å²) in [6, 6.07) is 5.83. The molecule has 2 aromatic rings. The average molecular weight is 414 g/mol. The second-order valence-corrected chi connectivity index (χ2v) is 8.14. The molecule has 2 saturated heterocycles. The maximum absolute atomic E-state index is 13.2. The number of amides is 2. The van der Waals surface area contributed by atoms with Crippen molar-refractivity contribution in [1.29, 1.82) is 0 Å². The largest absolute Gasteiger partial charge is 0.361 e. The maximum atomic E-state index is 13.2. The molecule has 2 aliphatic heterocycles. The Balaban J connectivity index is 1.36. The van der Waals surface area contributed by atoms with Gasteiger partial charge in [-0.1, -0.05) is 5.16 Å². The zero-order valence-electron chi connectivity index (χ0n) is 17.4. The van der Waals surface area contributed by atoms with Gasteiger partial charge in [-0.05, 0) is 44.5 Å². The van der Waals surface area contributed by atoms with E-state index in [9.17, 15) is 14.0 Å². The fourth-order valence-corrected chi connectivity index (χ4v) is 4.30. The molecule has 0 N–H and O–H groups in total. The molecule has 8 heteroatoms. The highest BCUT2D eigenvalue weighted by atomic mass is 19.1. The van der Waals surface area contributed by atoms with Crippen molar-refractivity contribution in [3.8, 4) is 0 Å². The molecule has 0 spiro atoms. The Labute approximate surface area is 175 Å². The van der Waals surface area contributed by atoms with Crippen molar-refractivity contribution in [3.63, 3.8) is 0 Å². The summed E-state index contributed by atoms with van der Waals surface area (Å²) in [5, 5.41) is 4.02. The molecular formula is C22H27FN4O3. The van der Waals surface area contributed by atoms with Gasteiger partial charge < -0.3 is 14.3 Å². The third-order valence-corrected chi connectivity index (χ3v) is 6.08. The quantitative estimate of drug-likeness (QED) is 0.769. The normalized spacial score (nSPS) is 20.6. The molecule has 160 valence electrons. The van der Waals surface area contributed by atoms with Crippen LogP contribution in [-0.2, 0) is 16.1 Å². The van der Waals surface area contributed by atoms with Gasteiger partial charge in [0.15, 0.2) is 0 Å². The van der Waals surface area contributed by atoms with Crippen molar-refractivity contribution in [2.45, 2.75) is 33.2 Å². The van der Waals surface area contributed by atoms with E-state index in [4.69, 9.17) is 4.52 Å². The van der Waals surface area contributed by atoms with Crippen LogP contribution in [0.4, 0.5) is 10.1 Å². The molecule has 2 amide bonds. The van der Waals surface area contributed by atoms with Gasteiger partial charge in [0.05, 0.1) is 11.6 Å². The van der Waals surface area contributed by atoms with E-state index in [-0.39, 0.29) is 30.0 Å². The molecule has 3 heterocycles. The summed E-state index contributed by atoms with van der Waals surface area (Å²) < 4.78 is 18.4. The monoisotopic (exact) mass is 414 g/mol. The van der Waals surface area contributed by atoms with E-state index >= 15 is 0 Å². The molecule has 0 radical (unpaired) electrons. The molecule has 1 atom stereocenters. The molecule has 1 unspecified atom stereocenters. The molecule has 2 fully saturated rings. The SMILES string of the molecule is Cc1noc(C)c1CN1CCCN(C(=O)C2CC(=O)N(c3ccc(F)cc3)C2)CC1. The van der Waals surface area contributed by atoms with Gasteiger partial charge in [0.25, 0.3) is 0 Å². The second kappa shape index (κ2) is 8.55. The number of nitrogens with zero attached hydrogens (tertiary/aromatic N) is 4. The first-order valence-corrected chi connectivity index (χ1v) is 10.4. The lowest BCUT2D eigenvalue weighted by Crippen LogP contribution is -2.40. The number of anilines is 1. The Hall–Kier alpha value is -2.74. The van der Waals surface area contributed by atoms with Gasteiger partial charge >= 0.3 is 0 Å². The smallest absolute Gasteiger partial charge is 0.228 e. The second-order valence-electron chi connectivity index (χ2n) is 8.14. The van der Waals surface area contributed by atoms with Gasteiger partial charge in [0.1, 0.15) is 11.6 Å². The first-order chi connectivity index (χ1) is 14.4. The number of rotatable bonds is 4. The molecule has 30 heavy (non-hydrogen) atoms. The van der Waals surface area contributed by atoms with Gasteiger partial charge in [-0.25, -0.2) is 4.39 Å². The number of aryl methyl sites for hydroxylation is 2. The highest BCUT2D eigenvalue weighted by Gasteiger charge is 2.37. The molecule has 2 aliphatic rings. The Morgan fingerprint density at radius 3 is 2.63 bits per heavy atom. The van der Waals surface area contributed by atoms with Crippen LogP contribution in [0, 0.1) is 25.6 Å². The lowest BCUT2D eigenvalue weighted by Gasteiger charge is -2.24. The van der Waals surface area contributed by atoms with Crippen molar-refractivity contribution in [3.05, 3.63) is 47.1 Å². The maximum Gasteiger partial charge on any atom is 0.228 e. The van der Waals surface area contributed by atoms with Crippen LogP contribution in [0.25, 0.3) is 0 Å². The fraction of sp³-hybridized carbons (Fsp3) is 0.500. The van der Waals surface area contributed by atoms with Gasteiger partial charge in [-0.3, -0.25) is 14.5 Å². The average Bonchev–Trinajstić information content (AvgIpc) is 3.16. The lowest BCUT2D eigenvalue weighted by atomic mass is 10.1. The van der Waals surface area contributed by atoms with Crippen LogP contribution in [0.2, 0.25) is 0 Å². The van der Waals surface area contributed by atoms with Crippen molar-refractivity contribution in [2.24, 2.45) is 5.92 Å². The van der Waals surface area contributed by atoms with E-state index in [1.807, 2.05) is 18.7 Å². The Bertz CT molecular complexity index is 907. The van der Waals surface area contributed by atoms with Crippen LogP contribution >= 0.6 is 0 Å². The molecule has 0 bridgehead atoms. The minimum atomic E-state index is -0.350. The molecule has 1 aromatic carbocycles. The minimum Gasteiger partial charge on any atom is -0.361 e. The number of hydrogen-bond acceptors (Lipinski definition) is 5. The van der Waals surface area contributed by atoms with Crippen LogP contribution in [0.15, 0.2) is 28.8 Å². The van der Waals surface area contributed by atoms with Gasteiger partial charge in [0, 0.05) is 56.9 Å². The summed E-state index contributed by atoms with van der Waals surface area (Å²) in [5.41, 5.74) is 2.67. The molecule has 1 aromatic heterocycles. The van der Waals surface area contributed by atoms with Crippen LogP contribution in [-0.4, -0.2) is 59.5 Å². The van der Waals surface area contributed by atoms with Crippen molar-refractivity contribution in [1.82, 2.24) is 15.0 Å². The van der Waals surface area contributed by atoms with E-state index in [1.165, 1.54) is 12.1 Å². The molecule has 4 rings (SSSR count). The predicted octanol–water partition coefficient (Wildman–Crippen LogP) is 2.52. The number of hydrogen-bond donors (Lipinski definition) is 0. The predicted molar refractivity (Wildman–Crippen MR) is 109 cm³/mol. The van der Waals surface area contributed by atoms with E-state index < -0.39 is 0 Å². The summed E-state index contributed by atoms with van der Waals surface area (Å²) in [6.45, 7) is 8.00. The molecule has 0 aliphatic carbocycles. The standard InChI is InChI=1S/C22H27FN4O3/c1-15-20(16(2)30-24-15)14-25-8-3-9-26(11-10-25)22(29)17-12-21(28)27(13-17)19-6-4-18(23)5-7-19/h4-7,17H,3,8-14H2,1-2H3. The van der Waals surface area contributed by atoms with E-state index in [2.05, 4.69) is 10.1 Å². The van der Waals surface area contributed by atoms with Crippen molar-refractivity contribution >= 4 is 17.5 Å². The topological polar surface area (TPSA) is 69.9 Å². The first kappa shape index (κ1) is 20.5. The summed E-state index contributed by atoms with van der Waals surface area (Å²) in [4.78, 5) is 31.4. The lowest BCUT2D eigenvalue weighted by molar-refractivity contribution is -0.135. The number of carbonyl (C=O) groups excluding carboxylic acids is 2. The molecule has 7 nitrogen and oxygen atoms in total. The van der Waals surface area contributed by atoms with Crippen molar-refractivity contribution < 1.29 is 18.5 Å². The number of halogens is 1. The van der Waals surface area contributed by atoms with Crippen LogP contribution < -0.4 is 4.90 Å². The van der Waals surface area contributed by atoms with Gasteiger partial charge in [-0.2, -0.15) is 0 Å². The van der Waals surface area contributed by atoms with Crippen LogP contribution in [0.5, 0.6) is 0 Å². The summed E-state index contributed by atoms with van der Waals surface area (Å²) in [5.74, 6) is 0.0948. The molecular weight excluding hydrogens is 387 g/mol. The number of carbonyl (C=O) groups is 2. The minimum absolute atomic E-state index is 0.0344. The fourth-order valence-electron chi connectivity index (χ4n) is 4.30. The Kier molecular flexibility index (Phi) is 5.85.